The van der Waals surface area contributed by atoms with Crippen LogP contribution in [-0.2, 0) is 17.8 Å². The van der Waals surface area contributed by atoms with Crippen LogP contribution >= 0.6 is 11.6 Å². The highest BCUT2D eigenvalue weighted by atomic mass is 35.5. The number of aromatic amines is 1. The van der Waals surface area contributed by atoms with Crippen molar-refractivity contribution in [2.24, 2.45) is 0 Å². The summed E-state index contributed by atoms with van der Waals surface area (Å²) in [5.74, 6) is -0.191. The molecule has 2 aliphatic rings. The van der Waals surface area contributed by atoms with Gasteiger partial charge >= 0.3 is 6.03 Å². The number of fused-ring (bicyclic) bond motifs is 4. The molecule has 0 spiro atoms. The fraction of sp³-hybridized carbons (Fsp3) is 0.158. The second kappa shape index (κ2) is 5.10. The number of benzene rings is 2. The number of imide groups is 1. The van der Waals surface area contributed by atoms with Crippen LogP contribution in [0.15, 0.2) is 48.5 Å². The SMILES string of the molecule is O=C1[C@@H]2Cc3c([nH]c4ccccc34)CN2C(=O)N1c1cccc(Cl)c1. The van der Waals surface area contributed by atoms with Crippen molar-refractivity contribution in [3.63, 3.8) is 0 Å². The summed E-state index contributed by atoms with van der Waals surface area (Å²) in [5.41, 5.74) is 3.70. The van der Waals surface area contributed by atoms with Crippen LogP contribution in [0.2, 0.25) is 5.02 Å². The van der Waals surface area contributed by atoms with Crippen LogP contribution in [0.25, 0.3) is 10.9 Å². The Morgan fingerprint density at radius 2 is 1.92 bits per heavy atom. The molecule has 1 atom stereocenters. The molecule has 1 N–H and O–H groups in total. The number of nitrogens with one attached hydrogen (secondary N) is 1. The minimum absolute atomic E-state index is 0.191. The number of carbonyl (C=O) groups excluding carboxylic acids is 2. The van der Waals surface area contributed by atoms with E-state index >= 15 is 0 Å². The summed E-state index contributed by atoms with van der Waals surface area (Å²) >= 11 is 6.02. The highest BCUT2D eigenvalue weighted by molar-refractivity contribution is 6.31. The molecule has 3 amide bonds. The van der Waals surface area contributed by atoms with Crippen molar-refractivity contribution < 1.29 is 9.59 Å². The van der Waals surface area contributed by atoms with Crippen LogP contribution in [0.3, 0.4) is 0 Å². The molecule has 0 unspecified atom stereocenters. The molecule has 2 aromatic carbocycles. The third kappa shape index (κ3) is 2.02. The molecule has 25 heavy (non-hydrogen) atoms. The summed E-state index contributed by atoms with van der Waals surface area (Å²) in [5, 5.41) is 1.62. The van der Waals surface area contributed by atoms with Crippen molar-refractivity contribution in [1.82, 2.24) is 9.88 Å². The molecule has 1 saturated heterocycles. The topological polar surface area (TPSA) is 56.4 Å². The maximum Gasteiger partial charge on any atom is 0.332 e. The molecule has 0 saturated carbocycles. The fourth-order valence-electron chi connectivity index (χ4n) is 3.85. The Kier molecular flexibility index (Phi) is 2.97. The van der Waals surface area contributed by atoms with Gasteiger partial charge in [0, 0.05) is 28.0 Å². The molecular weight excluding hydrogens is 338 g/mol. The highest BCUT2D eigenvalue weighted by Gasteiger charge is 2.48. The number of para-hydroxylation sites is 1. The highest BCUT2D eigenvalue weighted by Crippen LogP contribution is 2.36. The molecule has 2 aliphatic heterocycles. The Balaban J connectivity index is 1.57. The zero-order valence-electron chi connectivity index (χ0n) is 13.2. The molecule has 1 aromatic heterocycles. The molecule has 1 fully saturated rings. The summed E-state index contributed by atoms with van der Waals surface area (Å²) in [6.45, 7) is 0.413. The summed E-state index contributed by atoms with van der Waals surface area (Å²) in [6, 6.07) is 14.1. The predicted molar refractivity (Wildman–Crippen MR) is 95.7 cm³/mol. The molecule has 0 bridgehead atoms. The van der Waals surface area contributed by atoms with Gasteiger partial charge < -0.3 is 9.88 Å². The number of anilines is 1. The average Bonchev–Trinajstić information content (AvgIpc) is 3.09. The summed E-state index contributed by atoms with van der Waals surface area (Å²) in [4.78, 5) is 32.1. The van der Waals surface area contributed by atoms with E-state index in [0.717, 1.165) is 22.2 Å². The quantitative estimate of drug-likeness (QED) is 0.679. The Morgan fingerprint density at radius 3 is 2.76 bits per heavy atom. The molecular formula is C19H14ClN3O2. The lowest BCUT2D eigenvalue weighted by Gasteiger charge is -2.26. The van der Waals surface area contributed by atoms with Crippen molar-refractivity contribution in [1.29, 1.82) is 0 Å². The van der Waals surface area contributed by atoms with Gasteiger partial charge in [-0.05, 0) is 29.8 Å². The molecule has 0 radical (unpaired) electrons. The van der Waals surface area contributed by atoms with Crippen molar-refractivity contribution >= 4 is 40.1 Å². The second-order valence-corrected chi connectivity index (χ2v) is 6.85. The summed E-state index contributed by atoms with van der Waals surface area (Å²) < 4.78 is 0. The van der Waals surface area contributed by atoms with Gasteiger partial charge in [-0.3, -0.25) is 4.79 Å². The Bertz CT molecular complexity index is 1040. The number of hydrogen-bond donors (Lipinski definition) is 1. The minimum Gasteiger partial charge on any atom is -0.357 e. The number of aromatic nitrogens is 1. The van der Waals surface area contributed by atoms with Gasteiger partial charge in [0.15, 0.2) is 0 Å². The van der Waals surface area contributed by atoms with Crippen LogP contribution < -0.4 is 4.90 Å². The molecule has 124 valence electrons. The second-order valence-electron chi connectivity index (χ2n) is 6.41. The zero-order valence-corrected chi connectivity index (χ0v) is 14.0. The zero-order chi connectivity index (χ0) is 17.1. The van der Waals surface area contributed by atoms with Crippen molar-refractivity contribution in [3.05, 3.63) is 64.8 Å². The number of halogens is 1. The standard InChI is InChI=1S/C19H14ClN3O2/c20-11-4-3-5-12(8-11)23-18(24)17-9-14-13-6-1-2-7-15(13)21-16(14)10-22(17)19(23)25/h1-8,17,21H,9-10H2/t17-/m0/s1. The average molecular weight is 352 g/mol. The fourth-order valence-corrected chi connectivity index (χ4v) is 4.04. The Hall–Kier alpha value is -2.79. The molecule has 5 nitrogen and oxygen atoms in total. The van der Waals surface area contributed by atoms with Crippen molar-refractivity contribution in [3.8, 4) is 0 Å². The van der Waals surface area contributed by atoms with E-state index in [0.29, 0.717) is 23.7 Å². The third-order valence-electron chi connectivity index (χ3n) is 5.01. The first kappa shape index (κ1) is 14.5. The van der Waals surface area contributed by atoms with Gasteiger partial charge in [0.05, 0.1) is 12.2 Å². The molecule has 3 aromatic rings. The molecule has 3 heterocycles. The first-order valence-corrected chi connectivity index (χ1v) is 8.50. The Morgan fingerprint density at radius 1 is 1.08 bits per heavy atom. The van der Waals surface area contributed by atoms with E-state index < -0.39 is 6.04 Å². The lowest BCUT2D eigenvalue weighted by atomic mass is 9.97. The van der Waals surface area contributed by atoms with E-state index in [1.165, 1.54) is 4.90 Å². The maximum absolute atomic E-state index is 12.9. The number of rotatable bonds is 1. The molecule has 5 rings (SSSR count). The predicted octanol–water partition coefficient (Wildman–Crippen LogP) is 3.71. The normalized spacial score (nSPS) is 19.5. The van der Waals surface area contributed by atoms with E-state index in [2.05, 4.69) is 11.1 Å². The lowest BCUT2D eigenvalue weighted by molar-refractivity contribution is -0.119. The van der Waals surface area contributed by atoms with Gasteiger partial charge in [-0.2, -0.15) is 0 Å². The third-order valence-corrected chi connectivity index (χ3v) is 5.25. The van der Waals surface area contributed by atoms with Gasteiger partial charge in [0.1, 0.15) is 6.04 Å². The molecule has 0 aliphatic carbocycles. The molecule has 6 heteroatoms. The number of hydrogen-bond acceptors (Lipinski definition) is 2. The van der Waals surface area contributed by atoms with Crippen LogP contribution in [0.1, 0.15) is 11.3 Å². The monoisotopic (exact) mass is 351 g/mol. The summed E-state index contributed by atoms with van der Waals surface area (Å²) in [7, 11) is 0. The maximum atomic E-state index is 12.9. The lowest BCUT2D eigenvalue weighted by Crippen LogP contribution is -2.39. The largest absolute Gasteiger partial charge is 0.357 e. The van der Waals surface area contributed by atoms with E-state index in [-0.39, 0.29) is 11.9 Å². The van der Waals surface area contributed by atoms with Gasteiger partial charge in [0.25, 0.3) is 5.91 Å². The number of carbonyl (C=O) groups is 2. The van der Waals surface area contributed by atoms with Gasteiger partial charge in [-0.15, -0.1) is 0 Å². The van der Waals surface area contributed by atoms with Crippen molar-refractivity contribution in [2.45, 2.75) is 19.0 Å². The minimum atomic E-state index is -0.460. The van der Waals surface area contributed by atoms with E-state index in [9.17, 15) is 9.59 Å². The van der Waals surface area contributed by atoms with Crippen molar-refractivity contribution in [2.75, 3.05) is 4.90 Å². The van der Waals surface area contributed by atoms with E-state index in [1.807, 2.05) is 18.2 Å². The first-order chi connectivity index (χ1) is 12.1. The summed E-state index contributed by atoms with van der Waals surface area (Å²) in [6.07, 6.45) is 0.529. The van der Waals surface area contributed by atoms with Gasteiger partial charge in [0.2, 0.25) is 0 Å². The number of H-pyrrole nitrogens is 1. The van der Waals surface area contributed by atoms with Crippen LogP contribution in [-0.4, -0.2) is 27.9 Å². The van der Waals surface area contributed by atoms with E-state index in [1.54, 1.807) is 29.2 Å². The number of urea groups is 1. The Labute approximate surface area is 148 Å². The van der Waals surface area contributed by atoms with Gasteiger partial charge in [-0.1, -0.05) is 35.9 Å². The van der Waals surface area contributed by atoms with Crippen LogP contribution in [0.4, 0.5) is 10.5 Å². The number of nitrogens with zero attached hydrogens (tertiary/aromatic N) is 2. The van der Waals surface area contributed by atoms with Gasteiger partial charge in [-0.25, -0.2) is 9.69 Å². The first-order valence-electron chi connectivity index (χ1n) is 8.12. The van der Waals surface area contributed by atoms with E-state index in [4.69, 9.17) is 11.6 Å². The smallest absolute Gasteiger partial charge is 0.332 e. The van der Waals surface area contributed by atoms with Crippen LogP contribution in [0, 0.1) is 0 Å². The number of amides is 3. The van der Waals surface area contributed by atoms with Crippen LogP contribution in [0.5, 0.6) is 0 Å².